The van der Waals surface area contributed by atoms with E-state index in [9.17, 15) is 4.79 Å². The number of nitrogens with zero attached hydrogens (tertiary/aromatic N) is 2. The lowest BCUT2D eigenvalue weighted by Crippen LogP contribution is -2.08. The van der Waals surface area contributed by atoms with E-state index >= 15 is 0 Å². The van der Waals surface area contributed by atoms with E-state index in [0.717, 1.165) is 29.8 Å². The highest BCUT2D eigenvalue weighted by molar-refractivity contribution is 5.96. The van der Waals surface area contributed by atoms with Gasteiger partial charge in [0.05, 0.1) is 11.3 Å². The SMILES string of the molecule is CCc1nn(C(C)C)c(CC)c1C(C)=O. The fourth-order valence-electron chi connectivity index (χ4n) is 1.94. The third kappa shape index (κ3) is 2.11. The zero-order chi connectivity index (χ0) is 11.6. The first-order chi connectivity index (χ1) is 7.02. The van der Waals surface area contributed by atoms with Crippen LogP contribution in [0, 0.1) is 0 Å². The number of carbonyl (C=O) groups is 1. The Morgan fingerprint density at radius 1 is 1.33 bits per heavy atom. The summed E-state index contributed by atoms with van der Waals surface area (Å²) in [5, 5.41) is 4.52. The standard InChI is InChI=1S/C12H20N2O/c1-6-10-12(9(5)15)11(7-2)14(13-10)8(3)4/h8H,6-7H2,1-5H3. The third-order valence-corrected chi connectivity index (χ3v) is 2.59. The number of ketones is 1. The molecule has 0 radical (unpaired) electrons. The highest BCUT2D eigenvalue weighted by Gasteiger charge is 2.19. The van der Waals surface area contributed by atoms with E-state index < -0.39 is 0 Å². The molecule has 0 saturated heterocycles. The second kappa shape index (κ2) is 4.60. The molecule has 0 fully saturated rings. The lowest BCUT2D eigenvalue weighted by molar-refractivity contribution is 0.101. The van der Waals surface area contributed by atoms with Crippen LogP contribution in [-0.4, -0.2) is 15.6 Å². The molecule has 1 aromatic rings. The first-order valence-electron chi connectivity index (χ1n) is 5.64. The van der Waals surface area contributed by atoms with Gasteiger partial charge in [0.1, 0.15) is 0 Å². The van der Waals surface area contributed by atoms with E-state index in [1.807, 2.05) is 11.6 Å². The van der Waals surface area contributed by atoms with Gasteiger partial charge in [-0.1, -0.05) is 13.8 Å². The predicted octanol–water partition coefficient (Wildman–Crippen LogP) is 2.79. The van der Waals surface area contributed by atoms with Crippen LogP contribution < -0.4 is 0 Å². The fourth-order valence-corrected chi connectivity index (χ4v) is 1.94. The Kier molecular flexibility index (Phi) is 3.66. The Hall–Kier alpha value is -1.12. The molecule has 0 aliphatic carbocycles. The molecule has 0 aliphatic heterocycles. The molecular weight excluding hydrogens is 188 g/mol. The Balaban J connectivity index is 3.39. The second-order valence-electron chi connectivity index (χ2n) is 4.07. The maximum absolute atomic E-state index is 11.6. The zero-order valence-corrected chi connectivity index (χ0v) is 10.3. The number of carbonyl (C=O) groups excluding carboxylic acids is 1. The topological polar surface area (TPSA) is 34.9 Å². The summed E-state index contributed by atoms with van der Waals surface area (Å²) in [7, 11) is 0. The van der Waals surface area contributed by atoms with Crippen molar-refractivity contribution in [1.29, 1.82) is 0 Å². The minimum absolute atomic E-state index is 0.135. The Morgan fingerprint density at radius 2 is 1.93 bits per heavy atom. The summed E-state index contributed by atoms with van der Waals surface area (Å²) >= 11 is 0. The van der Waals surface area contributed by atoms with Crippen molar-refractivity contribution in [2.45, 2.75) is 53.5 Å². The van der Waals surface area contributed by atoms with Crippen molar-refractivity contribution in [1.82, 2.24) is 9.78 Å². The highest BCUT2D eigenvalue weighted by Crippen LogP contribution is 2.20. The average molecular weight is 208 g/mol. The van der Waals surface area contributed by atoms with E-state index in [1.54, 1.807) is 6.92 Å². The smallest absolute Gasteiger partial charge is 0.163 e. The molecule has 0 unspecified atom stereocenters. The van der Waals surface area contributed by atoms with Crippen molar-refractivity contribution >= 4 is 5.78 Å². The molecule has 1 rings (SSSR count). The monoisotopic (exact) mass is 208 g/mol. The van der Waals surface area contributed by atoms with Crippen LogP contribution in [0.2, 0.25) is 0 Å². The van der Waals surface area contributed by atoms with Crippen LogP contribution in [0.3, 0.4) is 0 Å². The quantitative estimate of drug-likeness (QED) is 0.713. The largest absolute Gasteiger partial charge is 0.294 e. The predicted molar refractivity (Wildman–Crippen MR) is 61.4 cm³/mol. The summed E-state index contributed by atoms with van der Waals surface area (Å²) in [4.78, 5) is 11.6. The lowest BCUT2D eigenvalue weighted by Gasteiger charge is -2.09. The molecule has 0 aliphatic rings. The molecule has 0 aromatic carbocycles. The van der Waals surface area contributed by atoms with Crippen LogP contribution in [-0.2, 0) is 12.8 Å². The maximum atomic E-state index is 11.6. The highest BCUT2D eigenvalue weighted by atomic mass is 16.1. The van der Waals surface area contributed by atoms with Crippen LogP contribution in [0.15, 0.2) is 0 Å². The van der Waals surface area contributed by atoms with E-state index in [2.05, 4.69) is 25.9 Å². The summed E-state index contributed by atoms with van der Waals surface area (Å²) in [5.41, 5.74) is 2.86. The van der Waals surface area contributed by atoms with Crippen LogP contribution in [0.1, 0.15) is 62.4 Å². The van der Waals surface area contributed by atoms with Crippen molar-refractivity contribution in [2.24, 2.45) is 0 Å². The van der Waals surface area contributed by atoms with Crippen molar-refractivity contribution in [2.75, 3.05) is 0 Å². The van der Waals surface area contributed by atoms with Gasteiger partial charge in [-0.2, -0.15) is 5.10 Å². The van der Waals surface area contributed by atoms with Crippen molar-refractivity contribution in [3.63, 3.8) is 0 Å². The third-order valence-electron chi connectivity index (χ3n) is 2.59. The maximum Gasteiger partial charge on any atom is 0.163 e. The molecule has 0 amide bonds. The molecule has 15 heavy (non-hydrogen) atoms. The summed E-state index contributed by atoms with van der Waals surface area (Å²) in [6, 6.07) is 0.318. The second-order valence-corrected chi connectivity index (χ2v) is 4.07. The Labute approximate surface area is 91.5 Å². The first-order valence-corrected chi connectivity index (χ1v) is 5.64. The summed E-state index contributed by atoms with van der Waals surface area (Å²) in [6.45, 7) is 9.92. The molecule has 3 nitrogen and oxygen atoms in total. The van der Waals surface area contributed by atoms with Gasteiger partial charge >= 0.3 is 0 Å². The zero-order valence-electron chi connectivity index (χ0n) is 10.3. The number of rotatable bonds is 4. The number of aromatic nitrogens is 2. The molecule has 3 heteroatoms. The normalized spacial score (nSPS) is 11.1. The Bertz CT molecular complexity index is 364. The molecule has 0 atom stereocenters. The molecule has 84 valence electrons. The molecular formula is C12H20N2O. The van der Waals surface area contributed by atoms with Gasteiger partial charge in [0, 0.05) is 11.7 Å². The van der Waals surface area contributed by atoms with Crippen molar-refractivity contribution in [3.05, 3.63) is 17.0 Å². The number of Topliss-reactive ketones (excluding diaryl/α,β-unsaturated/α-hetero) is 1. The first kappa shape index (κ1) is 12.0. The minimum Gasteiger partial charge on any atom is -0.294 e. The van der Waals surface area contributed by atoms with Gasteiger partial charge in [0.2, 0.25) is 0 Å². The minimum atomic E-state index is 0.135. The van der Waals surface area contributed by atoms with Gasteiger partial charge in [-0.25, -0.2) is 0 Å². The van der Waals surface area contributed by atoms with Crippen molar-refractivity contribution in [3.8, 4) is 0 Å². The van der Waals surface area contributed by atoms with Gasteiger partial charge in [-0.15, -0.1) is 0 Å². The van der Waals surface area contributed by atoms with Gasteiger partial charge in [0.15, 0.2) is 5.78 Å². The van der Waals surface area contributed by atoms with Gasteiger partial charge in [-0.05, 0) is 33.6 Å². The molecule has 1 aromatic heterocycles. The van der Waals surface area contributed by atoms with E-state index in [-0.39, 0.29) is 5.78 Å². The lowest BCUT2D eigenvalue weighted by atomic mass is 10.1. The van der Waals surface area contributed by atoms with Gasteiger partial charge in [-0.3, -0.25) is 9.48 Å². The summed E-state index contributed by atoms with van der Waals surface area (Å²) in [5.74, 6) is 0.135. The molecule has 0 spiro atoms. The number of hydrogen-bond donors (Lipinski definition) is 0. The Morgan fingerprint density at radius 3 is 2.27 bits per heavy atom. The number of hydrogen-bond acceptors (Lipinski definition) is 2. The molecule has 0 saturated carbocycles. The summed E-state index contributed by atoms with van der Waals surface area (Å²) < 4.78 is 1.98. The molecule has 0 bridgehead atoms. The molecule has 1 heterocycles. The van der Waals surface area contributed by atoms with Crippen LogP contribution in [0.5, 0.6) is 0 Å². The van der Waals surface area contributed by atoms with Crippen LogP contribution in [0.4, 0.5) is 0 Å². The van der Waals surface area contributed by atoms with E-state index in [1.165, 1.54) is 0 Å². The van der Waals surface area contributed by atoms with Gasteiger partial charge < -0.3 is 0 Å². The molecule has 0 N–H and O–H groups in total. The van der Waals surface area contributed by atoms with Crippen LogP contribution >= 0.6 is 0 Å². The van der Waals surface area contributed by atoms with E-state index in [0.29, 0.717) is 6.04 Å². The summed E-state index contributed by atoms with van der Waals surface area (Å²) in [6.07, 6.45) is 1.68. The number of aryl methyl sites for hydroxylation is 1. The average Bonchev–Trinajstić information content (AvgIpc) is 2.55. The van der Waals surface area contributed by atoms with E-state index in [4.69, 9.17) is 0 Å². The van der Waals surface area contributed by atoms with Gasteiger partial charge in [0.25, 0.3) is 0 Å². The van der Waals surface area contributed by atoms with Crippen molar-refractivity contribution < 1.29 is 4.79 Å². The van der Waals surface area contributed by atoms with Crippen LogP contribution in [0.25, 0.3) is 0 Å². The fraction of sp³-hybridized carbons (Fsp3) is 0.667.